The fourth-order valence-corrected chi connectivity index (χ4v) is 1.94. The van der Waals surface area contributed by atoms with Crippen LogP contribution in [0.1, 0.15) is 24.2 Å². The van der Waals surface area contributed by atoms with E-state index in [-0.39, 0.29) is 18.4 Å². The second-order valence-electron chi connectivity index (χ2n) is 4.97. The number of amides is 1. The lowest BCUT2D eigenvalue weighted by atomic mass is 10.2. The van der Waals surface area contributed by atoms with Gasteiger partial charge >= 0.3 is 5.97 Å². The molecule has 0 saturated heterocycles. The van der Waals surface area contributed by atoms with Crippen molar-refractivity contribution in [1.82, 2.24) is 4.90 Å². The van der Waals surface area contributed by atoms with Crippen molar-refractivity contribution in [3.05, 3.63) is 29.8 Å². The summed E-state index contributed by atoms with van der Waals surface area (Å²) < 4.78 is 4.61. The van der Waals surface area contributed by atoms with Gasteiger partial charge in [0.1, 0.15) is 0 Å². The molecule has 1 aromatic carbocycles. The van der Waals surface area contributed by atoms with Crippen molar-refractivity contribution in [2.24, 2.45) is 5.92 Å². The average molecular weight is 303 g/mol. The van der Waals surface area contributed by atoms with Gasteiger partial charge in [-0.1, -0.05) is 6.92 Å². The van der Waals surface area contributed by atoms with E-state index in [2.05, 4.69) is 16.1 Å². The topological polar surface area (TPSA) is 82.4 Å². The molecule has 1 rings (SSSR count). The minimum absolute atomic E-state index is 0.118. The zero-order chi connectivity index (χ0) is 16.5. The standard InChI is InChI=1S/C16H21N3O3/c1-4-19(10-12(2)9-17)11-15(20)18-14-7-5-13(6-8-14)16(21)22-3/h5-8,12H,4,10-11H2,1-3H3,(H,18,20)/t12-/m0/s1. The number of anilines is 1. The predicted octanol–water partition coefficient (Wildman–Crippen LogP) is 1.89. The molecule has 0 spiro atoms. The Morgan fingerprint density at radius 3 is 2.50 bits per heavy atom. The Labute approximate surface area is 130 Å². The largest absolute Gasteiger partial charge is 0.465 e. The molecule has 6 nitrogen and oxygen atoms in total. The first-order valence-corrected chi connectivity index (χ1v) is 7.10. The number of carbonyl (C=O) groups excluding carboxylic acids is 2. The molecule has 0 unspecified atom stereocenters. The van der Waals surface area contributed by atoms with Crippen molar-refractivity contribution in [3.63, 3.8) is 0 Å². The van der Waals surface area contributed by atoms with Gasteiger partial charge in [0.2, 0.25) is 5.91 Å². The highest BCUT2D eigenvalue weighted by atomic mass is 16.5. The summed E-state index contributed by atoms with van der Waals surface area (Å²) in [4.78, 5) is 25.2. The summed E-state index contributed by atoms with van der Waals surface area (Å²) in [5.41, 5.74) is 1.04. The third kappa shape index (κ3) is 5.54. The molecule has 0 heterocycles. The molecule has 6 heteroatoms. The first-order chi connectivity index (χ1) is 10.5. The van der Waals surface area contributed by atoms with Gasteiger partial charge in [-0.15, -0.1) is 0 Å². The summed E-state index contributed by atoms with van der Waals surface area (Å²) in [6.45, 7) is 5.25. The molecule has 0 saturated carbocycles. The van der Waals surface area contributed by atoms with Gasteiger partial charge in [0.25, 0.3) is 0 Å². The van der Waals surface area contributed by atoms with Gasteiger partial charge in [-0.3, -0.25) is 9.69 Å². The maximum Gasteiger partial charge on any atom is 0.337 e. The number of esters is 1. The number of ether oxygens (including phenoxy) is 1. The van der Waals surface area contributed by atoms with Crippen LogP contribution in [0.3, 0.4) is 0 Å². The molecule has 1 aromatic rings. The van der Waals surface area contributed by atoms with Gasteiger partial charge in [0, 0.05) is 12.2 Å². The monoisotopic (exact) mass is 303 g/mol. The molecule has 0 radical (unpaired) electrons. The Balaban J connectivity index is 2.57. The number of rotatable bonds is 7. The number of methoxy groups -OCH3 is 1. The van der Waals surface area contributed by atoms with Gasteiger partial charge in [0.05, 0.1) is 31.2 Å². The van der Waals surface area contributed by atoms with Gasteiger partial charge in [0.15, 0.2) is 0 Å². The zero-order valence-electron chi connectivity index (χ0n) is 13.1. The van der Waals surface area contributed by atoms with Crippen LogP contribution < -0.4 is 5.32 Å². The van der Waals surface area contributed by atoms with Crippen LogP contribution in [0, 0.1) is 17.2 Å². The minimum atomic E-state index is -0.416. The molecule has 0 aliphatic carbocycles. The van der Waals surface area contributed by atoms with Crippen molar-refractivity contribution < 1.29 is 14.3 Å². The van der Waals surface area contributed by atoms with Gasteiger partial charge in [-0.25, -0.2) is 4.79 Å². The molecule has 0 aliphatic rings. The normalized spacial score (nSPS) is 11.6. The van der Waals surface area contributed by atoms with Crippen molar-refractivity contribution in [3.8, 4) is 6.07 Å². The molecular weight excluding hydrogens is 282 g/mol. The fraction of sp³-hybridized carbons (Fsp3) is 0.438. The summed E-state index contributed by atoms with van der Waals surface area (Å²) in [7, 11) is 1.32. The molecule has 0 bridgehead atoms. The number of nitriles is 1. The molecule has 0 aromatic heterocycles. The van der Waals surface area contributed by atoms with Crippen molar-refractivity contribution in [2.75, 3.05) is 32.1 Å². The summed E-state index contributed by atoms with van der Waals surface area (Å²) in [6.07, 6.45) is 0. The highest BCUT2D eigenvalue weighted by Gasteiger charge is 2.12. The molecular formula is C16H21N3O3. The average Bonchev–Trinajstić information content (AvgIpc) is 2.53. The molecule has 1 N–H and O–H groups in total. The minimum Gasteiger partial charge on any atom is -0.465 e. The molecule has 0 aliphatic heterocycles. The smallest absolute Gasteiger partial charge is 0.337 e. The SMILES string of the molecule is CCN(CC(=O)Nc1ccc(C(=O)OC)cc1)C[C@@H](C)C#N. The highest BCUT2D eigenvalue weighted by molar-refractivity contribution is 5.93. The van der Waals surface area contributed by atoms with Gasteiger partial charge < -0.3 is 10.1 Å². The number of benzene rings is 1. The van der Waals surface area contributed by atoms with E-state index < -0.39 is 5.97 Å². The van der Waals surface area contributed by atoms with Crippen LogP contribution in [0.25, 0.3) is 0 Å². The van der Waals surface area contributed by atoms with Gasteiger partial charge in [-0.05, 0) is 37.7 Å². The summed E-state index contributed by atoms with van der Waals surface area (Å²) in [6, 6.07) is 8.65. The lowest BCUT2D eigenvalue weighted by Gasteiger charge is -2.20. The third-order valence-electron chi connectivity index (χ3n) is 3.16. The van der Waals surface area contributed by atoms with E-state index in [1.807, 2.05) is 18.7 Å². The maximum absolute atomic E-state index is 12.0. The number of carbonyl (C=O) groups is 2. The second-order valence-corrected chi connectivity index (χ2v) is 4.97. The molecule has 1 atom stereocenters. The van der Waals surface area contributed by atoms with E-state index in [0.29, 0.717) is 24.3 Å². The van der Waals surface area contributed by atoms with Crippen LogP contribution in [0.2, 0.25) is 0 Å². The third-order valence-corrected chi connectivity index (χ3v) is 3.16. The van der Waals surface area contributed by atoms with E-state index in [1.54, 1.807) is 24.3 Å². The molecule has 1 amide bonds. The lowest BCUT2D eigenvalue weighted by molar-refractivity contribution is -0.117. The zero-order valence-corrected chi connectivity index (χ0v) is 13.1. The quantitative estimate of drug-likeness (QED) is 0.778. The summed E-state index contributed by atoms with van der Waals surface area (Å²) in [5.74, 6) is -0.689. The van der Waals surface area contributed by atoms with E-state index in [9.17, 15) is 9.59 Å². The van der Waals surface area contributed by atoms with E-state index >= 15 is 0 Å². The number of nitrogens with zero attached hydrogens (tertiary/aromatic N) is 2. The fourth-order valence-electron chi connectivity index (χ4n) is 1.94. The highest BCUT2D eigenvalue weighted by Crippen LogP contribution is 2.10. The Morgan fingerprint density at radius 2 is 2.00 bits per heavy atom. The van der Waals surface area contributed by atoms with Gasteiger partial charge in [-0.2, -0.15) is 5.26 Å². The number of hydrogen-bond donors (Lipinski definition) is 1. The second kappa shape index (κ2) is 8.80. The summed E-state index contributed by atoms with van der Waals surface area (Å²) in [5, 5.41) is 11.6. The van der Waals surface area contributed by atoms with E-state index in [1.165, 1.54) is 7.11 Å². The molecule has 118 valence electrons. The number of likely N-dealkylation sites (N-methyl/N-ethyl adjacent to an activating group) is 1. The van der Waals surface area contributed by atoms with Crippen LogP contribution in [-0.2, 0) is 9.53 Å². The van der Waals surface area contributed by atoms with Crippen LogP contribution in [0.15, 0.2) is 24.3 Å². The van der Waals surface area contributed by atoms with Crippen LogP contribution >= 0.6 is 0 Å². The van der Waals surface area contributed by atoms with E-state index in [4.69, 9.17) is 5.26 Å². The lowest BCUT2D eigenvalue weighted by Crippen LogP contribution is -2.35. The maximum atomic E-state index is 12.0. The number of hydrogen-bond acceptors (Lipinski definition) is 5. The van der Waals surface area contributed by atoms with Crippen LogP contribution in [0.5, 0.6) is 0 Å². The number of nitrogens with one attached hydrogen (secondary N) is 1. The van der Waals surface area contributed by atoms with Crippen molar-refractivity contribution >= 4 is 17.6 Å². The van der Waals surface area contributed by atoms with E-state index in [0.717, 1.165) is 0 Å². The van der Waals surface area contributed by atoms with Crippen LogP contribution in [0.4, 0.5) is 5.69 Å². The summed E-state index contributed by atoms with van der Waals surface area (Å²) >= 11 is 0. The predicted molar refractivity (Wildman–Crippen MR) is 83.3 cm³/mol. The van der Waals surface area contributed by atoms with Crippen molar-refractivity contribution in [1.29, 1.82) is 5.26 Å². The first-order valence-electron chi connectivity index (χ1n) is 7.10. The van der Waals surface area contributed by atoms with Crippen molar-refractivity contribution in [2.45, 2.75) is 13.8 Å². The Kier molecular flexibility index (Phi) is 7.06. The first kappa shape index (κ1) is 17.7. The molecule has 22 heavy (non-hydrogen) atoms. The Morgan fingerprint density at radius 1 is 1.36 bits per heavy atom. The molecule has 0 fully saturated rings. The Hall–Kier alpha value is -2.39. The Bertz CT molecular complexity index is 549. The van der Waals surface area contributed by atoms with Crippen LogP contribution in [-0.4, -0.2) is 43.5 Å².